The minimum absolute atomic E-state index is 0.0741. The predicted octanol–water partition coefficient (Wildman–Crippen LogP) is 9.90. The van der Waals surface area contributed by atoms with Crippen molar-refractivity contribution < 1.29 is 9.53 Å². The van der Waals surface area contributed by atoms with Gasteiger partial charge in [-0.2, -0.15) is 0 Å². The fraction of sp³-hybridized carbons (Fsp3) is 0.250. The number of hydrogen-bond acceptors (Lipinski definition) is 4. The van der Waals surface area contributed by atoms with Crippen LogP contribution in [-0.2, 0) is 17.5 Å². The van der Waals surface area contributed by atoms with E-state index in [2.05, 4.69) is 60.4 Å². The maximum absolute atomic E-state index is 9.21. The first-order valence-corrected chi connectivity index (χ1v) is 19.2. The number of aromatic nitrogens is 2. The predicted molar refractivity (Wildman–Crippen MR) is 206 cm³/mol. The van der Waals surface area contributed by atoms with Gasteiger partial charge < -0.3 is 30.1 Å². The van der Waals surface area contributed by atoms with Crippen LogP contribution >= 0.6 is 0 Å². The number of nitrogen functional groups attached to an aromatic ring is 2. The van der Waals surface area contributed by atoms with Crippen LogP contribution in [0.1, 0.15) is 20.8 Å². The highest BCUT2D eigenvalue weighted by Gasteiger charge is 2.36. The van der Waals surface area contributed by atoms with E-state index in [4.69, 9.17) is 29.0 Å². The number of anilines is 2. The van der Waals surface area contributed by atoms with Gasteiger partial charge in [-0.05, 0) is 88.6 Å². The van der Waals surface area contributed by atoms with Crippen molar-refractivity contribution in [1.29, 1.82) is 0 Å². The topological polar surface area (TPSA) is 100 Å². The Labute approximate surface area is 289 Å². The Morgan fingerprint density at radius 2 is 1.18 bits per heavy atom. The van der Waals surface area contributed by atoms with Gasteiger partial charge in [-0.25, -0.2) is 9.69 Å². The summed E-state index contributed by atoms with van der Waals surface area (Å²) in [6.45, 7) is 27.9. The minimum atomic E-state index is -1.78. The van der Waals surface area contributed by atoms with Crippen molar-refractivity contribution in [1.82, 2.24) is 9.13 Å². The molecule has 6 aromatic rings. The molecule has 2 heterocycles. The summed E-state index contributed by atoms with van der Waals surface area (Å²) in [7, 11) is -1.78. The summed E-state index contributed by atoms with van der Waals surface area (Å²) in [5.41, 5.74) is 20.9. The van der Waals surface area contributed by atoms with Gasteiger partial charge >= 0.3 is 0 Å². The van der Waals surface area contributed by atoms with Gasteiger partial charge in [0.2, 0.25) is 0 Å². The molecule has 5 N–H and O–H groups in total. The first-order valence-electron chi connectivity index (χ1n) is 16.3. The molecule has 4 aromatic carbocycles. The molecule has 0 atom stereocenters. The molecule has 0 saturated carbocycles. The van der Waals surface area contributed by atoms with Gasteiger partial charge in [0, 0.05) is 59.0 Å². The zero-order chi connectivity index (χ0) is 35.3. The highest BCUT2D eigenvalue weighted by atomic mass is 28.4. The van der Waals surface area contributed by atoms with Gasteiger partial charge in [0.25, 0.3) is 0 Å². The van der Waals surface area contributed by atoms with E-state index in [0.717, 1.165) is 56.3 Å². The number of nitrogens with two attached hydrogens (primary N) is 2. The second-order valence-corrected chi connectivity index (χ2v) is 18.5. The van der Waals surface area contributed by atoms with E-state index in [-0.39, 0.29) is 11.6 Å². The van der Waals surface area contributed by atoms with E-state index in [1.54, 1.807) is 6.07 Å². The lowest BCUT2D eigenvalue weighted by Crippen LogP contribution is -2.41. The third kappa shape index (κ3) is 7.71. The molecule has 2 aromatic heterocycles. The number of benzene rings is 4. The molecule has 0 saturated heterocycles. The number of aliphatic hydroxyl groups excluding tert-OH is 1. The normalized spacial score (nSPS) is 11.6. The smallest absolute Gasteiger partial charge is 0.192 e. The van der Waals surface area contributed by atoms with Gasteiger partial charge in [-0.3, -0.25) is 0 Å². The summed E-state index contributed by atoms with van der Waals surface area (Å²) in [6, 6.07) is 27.1. The fourth-order valence-corrected chi connectivity index (χ4v) is 6.71. The van der Waals surface area contributed by atoms with E-state index >= 15 is 0 Å². The number of hydrogen-bond donors (Lipinski definition) is 3. The summed E-state index contributed by atoms with van der Waals surface area (Å²) in [6.07, 6.45) is 4.16. The molecule has 0 aliphatic heterocycles. The highest BCUT2D eigenvalue weighted by molar-refractivity contribution is 6.74. The molecule has 9 heteroatoms. The zero-order valence-corrected chi connectivity index (χ0v) is 29.9. The average Bonchev–Trinajstić information content (AvgIpc) is 3.62. The molecular weight excluding hydrogens is 625 g/mol. The Hall–Kier alpha value is -5.32. The molecule has 8 nitrogen and oxygen atoms in total. The van der Waals surface area contributed by atoms with E-state index in [1.807, 2.05) is 83.6 Å². The van der Waals surface area contributed by atoms with Crippen molar-refractivity contribution in [2.24, 2.45) is 0 Å². The molecule has 0 spiro atoms. The highest BCUT2D eigenvalue weighted by Crippen LogP contribution is 2.38. The third-order valence-corrected chi connectivity index (χ3v) is 13.9. The zero-order valence-electron chi connectivity index (χ0n) is 28.9. The monoisotopic (exact) mass is 668 g/mol. The van der Waals surface area contributed by atoms with E-state index in [0.29, 0.717) is 30.2 Å². The largest absolute Gasteiger partial charge is 0.415 e. The molecule has 0 aliphatic carbocycles. The Balaban J connectivity index is 0.000000199. The van der Waals surface area contributed by atoms with Crippen LogP contribution in [0.5, 0.6) is 0 Å². The Kier molecular flexibility index (Phi) is 10.3. The Morgan fingerprint density at radius 1 is 0.714 bits per heavy atom. The molecule has 0 amide bonds. The number of fused-ring (bicyclic) bond motifs is 2. The van der Waals surface area contributed by atoms with Crippen LogP contribution in [0, 0.1) is 13.1 Å². The standard InChI is InChI=1S/C23H29N3OSi.C17H15N3O/c1-23(2,3)28(5,6)27-13-12-26-16-21(17-8-7-9-18(24)14-17)20-15-19(25-4)10-11-22(20)26;1-19-14-5-6-17-15(10-14)16(11-20(17)7-8-21)12-3-2-4-13(18)9-12/h7-11,14-16H,12-13,24H2,1-3,5-6H3;2-6,9-11,21H,7-8,18H2. The third-order valence-electron chi connectivity index (χ3n) is 9.32. The fourth-order valence-electron chi connectivity index (χ4n) is 5.68. The number of rotatable bonds is 8. The van der Waals surface area contributed by atoms with Crippen molar-refractivity contribution in [3.8, 4) is 22.3 Å². The molecular formula is C40H44N6O2Si. The summed E-state index contributed by atoms with van der Waals surface area (Å²) >= 11 is 0. The molecule has 0 bridgehead atoms. The molecule has 0 unspecified atom stereocenters. The lowest BCUT2D eigenvalue weighted by Gasteiger charge is -2.36. The maximum atomic E-state index is 9.21. The van der Waals surface area contributed by atoms with Crippen molar-refractivity contribution in [3.63, 3.8) is 0 Å². The van der Waals surface area contributed by atoms with Gasteiger partial charge in [0.1, 0.15) is 0 Å². The summed E-state index contributed by atoms with van der Waals surface area (Å²) in [4.78, 5) is 7.10. The molecule has 250 valence electrons. The quantitative estimate of drug-likeness (QED) is 0.0854. The average molecular weight is 669 g/mol. The van der Waals surface area contributed by atoms with Crippen molar-refractivity contribution in [2.75, 3.05) is 24.7 Å². The van der Waals surface area contributed by atoms with Crippen molar-refractivity contribution in [3.05, 3.63) is 120 Å². The minimum Gasteiger partial charge on any atom is -0.415 e. The molecule has 0 fully saturated rings. The first-order chi connectivity index (χ1) is 23.3. The van der Waals surface area contributed by atoms with Crippen LogP contribution in [0.25, 0.3) is 53.7 Å². The SMILES string of the molecule is [C-]#[N+]c1ccc2c(c1)c(-c1cccc(N)c1)cn2CCO.[C-]#[N+]c1ccc2c(c1)c(-c1cccc(N)c1)cn2CCO[Si](C)(C)C(C)(C)C. The van der Waals surface area contributed by atoms with Gasteiger partial charge in [-0.15, -0.1) is 0 Å². The maximum Gasteiger partial charge on any atom is 0.192 e. The number of aliphatic hydroxyl groups is 1. The molecule has 0 radical (unpaired) electrons. The van der Waals surface area contributed by atoms with Crippen LogP contribution in [0.3, 0.4) is 0 Å². The van der Waals surface area contributed by atoms with Crippen LogP contribution in [0.4, 0.5) is 22.7 Å². The van der Waals surface area contributed by atoms with Crippen LogP contribution in [0.15, 0.2) is 97.3 Å². The lowest BCUT2D eigenvalue weighted by molar-refractivity contribution is 0.273. The number of nitrogens with zero attached hydrogens (tertiary/aromatic N) is 4. The van der Waals surface area contributed by atoms with E-state index < -0.39 is 8.32 Å². The van der Waals surface area contributed by atoms with Crippen molar-refractivity contribution in [2.45, 2.75) is 52.0 Å². The summed E-state index contributed by atoms with van der Waals surface area (Å²) < 4.78 is 10.6. The van der Waals surface area contributed by atoms with Crippen LogP contribution in [-0.4, -0.2) is 35.8 Å². The Bertz CT molecular complexity index is 2190. The summed E-state index contributed by atoms with van der Waals surface area (Å²) in [5, 5.41) is 11.5. The van der Waals surface area contributed by atoms with Crippen molar-refractivity contribution >= 4 is 52.9 Å². The van der Waals surface area contributed by atoms with E-state index in [1.165, 1.54) is 0 Å². The van der Waals surface area contributed by atoms with E-state index in [9.17, 15) is 5.11 Å². The molecule has 6 rings (SSSR count). The summed E-state index contributed by atoms with van der Waals surface area (Å²) in [5.74, 6) is 0. The second kappa shape index (κ2) is 14.4. The first kappa shape index (κ1) is 35.0. The van der Waals surface area contributed by atoms with Gasteiger partial charge in [0.05, 0.1) is 26.4 Å². The lowest BCUT2D eigenvalue weighted by atomic mass is 10.0. The van der Waals surface area contributed by atoms with Gasteiger partial charge in [-0.1, -0.05) is 57.2 Å². The van der Waals surface area contributed by atoms with Crippen LogP contribution < -0.4 is 11.5 Å². The van der Waals surface area contributed by atoms with Crippen LogP contribution in [0.2, 0.25) is 18.1 Å². The molecule has 49 heavy (non-hydrogen) atoms. The Morgan fingerprint density at radius 3 is 1.59 bits per heavy atom. The molecule has 0 aliphatic rings. The second-order valence-electron chi connectivity index (χ2n) is 13.7. The van der Waals surface area contributed by atoms with Gasteiger partial charge in [0.15, 0.2) is 19.7 Å².